The van der Waals surface area contributed by atoms with E-state index in [0.717, 1.165) is 6.26 Å². The van der Waals surface area contributed by atoms with E-state index in [1.165, 1.54) is 4.31 Å². The lowest BCUT2D eigenvalue weighted by atomic mass is 10.4. The molecule has 1 atom stereocenters. The Morgan fingerprint density at radius 1 is 1.29 bits per heavy atom. The summed E-state index contributed by atoms with van der Waals surface area (Å²) in [7, 11) is -6.33. The van der Waals surface area contributed by atoms with Crippen LogP contribution in [0.3, 0.4) is 0 Å². The zero-order chi connectivity index (χ0) is 11.0. The highest BCUT2D eigenvalue weighted by molar-refractivity contribution is 7.91. The van der Waals surface area contributed by atoms with Gasteiger partial charge >= 0.3 is 0 Å². The predicted octanol–water partition coefficient (Wildman–Crippen LogP) is -0.545. The highest BCUT2D eigenvalue weighted by Crippen LogP contribution is 2.19. The molecule has 0 aromatic heterocycles. The number of hydrogen-bond donors (Lipinski definition) is 0. The molecule has 5 nitrogen and oxygen atoms in total. The van der Waals surface area contributed by atoms with Gasteiger partial charge < -0.3 is 0 Å². The summed E-state index contributed by atoms with van der Waals surface area (Å²) in [6, 6.07) is 0. The first kappa shape index (κ1) is 11.9. The van der Waals surface area contributed by atoms with Crippen LogP contribution in [0, 0.1) is 0 Å². The summed E-state index contributed by atoms with van der Waals surface area (Å²) in [4.78, 5) is 0. The molecule has 0 radical (unpaired) electrons. The first-order chi connectivity index (χ1) is 6.27. The summed E-state index contributed by atoms with van der Waals surface area (Å²) in [5.41, 5.74) is 0. The van der Waals surface area contributed by atoms with Crippen LogP contribution in [0.5, 0.6) is 0 Å². The van der Waals surface area contributed by atoms with Crippen LogP contribution in [0.15, 0.2) is 0 Å². The van der Waals surface area contributed by atoms with Gasteiger partial charge in [-0.15, -0.1) is 0 Å². The van der Waals surface area contributed by atoms with Crippen LogP contribution in [0.1, 0.15) is 13.3 Å². The van der Waals surface area contributed by atoms with Gasteiger partial charge in [-0.05, 0) is 13.3 Å². The quantitative estimate of drug-likeness (QED) is 0.665. The third kappa shape index (κ3) is 2.46. The van der Waals surface area contributed by atoms with Crippen LogP contribution in [0.25, 0.3) is 0 Å². The van der Waals surface area contributed by atoms with Gasteiger partial charge in [-0.25, -0.2) is 21.1 Å². The number of sulfonamides is 1. The van der Waals surface area contributed by atoms with Gasteiger partial charge in [0.05, 0.1) is 11.0 Å². The van der Waals surface area contributed by atoms with E-state index in [4.69, 9.17) is 0 Å². The average molecular weight is 241 g/mol. The molecule has 0 saturated carbocycles. The summed E-state index contributed by atoms with van der Waals surface area (Å²) in [5.74, 6) is 0.0312. The second kappa shape index (κ2) is 3.79. The van der Waals surface area contributed by atoms with Gasteiger partial charge in [-0.1, -0.05) is 0 Å². The van der Waals surface area contributed by atoms with Crippen molar-refractivity contribution in [3.05, 3.63) is 0 Å². The van der Waals surface area contributed by atoms with Gasteiger partial charge in [0.15, 0.2) is 9.84 Å². The summed E-state index contributed by atoms with van der Waals surface area (Å²) in [6.07, 6.45) is 1.57. The molecule has 0 unspecified atom stereocenters. The third-order valence-corrected chi connectivity index (χ3v) is 5.92. The lowest BCUT2D eigenvalue weighted by Gasteiger charge is -2.14. The molecule has 84 valence electrons. The molecule has 1 aliphatic heterocycles. The van der Waals surface area contributed by atoms with E-state index in [9.17, 15) is 16.8 Å². The van der Waals surface area contributed by atoms with Crippen molar-refractivity contribution in [1.82, 2.24) is 4.31 Å². The minimum absolute atomic E-state index is 0.0312. The zero-order valence-corrected chi connectivity index (χ0v) is 9.94. The summed E-state index contributed by atoms with van der Waals surface area (Å²) in [6.45, 7) is 2.01. The maximum Gasteiger partial charge on any atom is 0.213 e. The van der Waals surface area contributed by atoms with Crippen LogP contribution in [0.2, 0.25) is 0 Å². The van der Waals surface area contributed by atoms with Gasteiger partial charge in [0.1, 0.15) is 0 Å². The lowest BCUT2D eigenvalue weighted by molar-refractivity contribution is 0.478. The first-order valence-corrected chi connectivity index (χ1v) is 8.00. The molecule has 1 fully saturated rings. The number of sulfone groups is 1. The summed E-state index contributed by atoms with van der Waals surface area (Å²) in [5, 5.41) is -0.524. The zero-order valence-electron chi connectivity index (χ0n) is 8.30. The smallest absolute Gasteiger partial charge is 0.213 e. The van der Waals surface area contributed by atoms with E-state index >= 15 is 0 Å². The summed E-state index contributed by atoms with van der Waals surface area (Å²) < 4.78 is 46.4. The normalized spacial score (nSPS) is 25.4. The van der Waals surface area contributed by atoms with Crippen LogP contribution < -0.4 is 0 Å². The highest BCUT2D eigenvalue weighted by atomic mass is 32.2. The van der Waals surface area contributed by atoms with Crippen LogP contribution in [0.4, 0.5) is 0 Å². The van der Waals surface area contributed by atoms with Crippen molar-refractivity contribution in [2.45, 2.75) is 18.6 Å². The van der Waals surface area contributed by atoms with Crippen molar-refractivity contribution in [1.29, 1.82) is 0 Å². The fraction of sp³-hybridized carbons (Fsp3) is 1.00. The van der Waals surface area contributed by atoms with E-state index in [1.54, 1.807) is 6.92 Å². The molecule has 0 spiro atoms. The number of nitrogens with zero attached hydrogens (tertiary/aromatic N) is 1. The molecule has 0 bridgehead atoms. The molecular formula is C7H15NO4S2. The molecule has 1 rings (SSSR count). The van der Waals surface area contributed by atoms with Crippen molar-refractivity contribution in [2.75, 3.05) is 25.1 Å². The lowest BCUT2D eigenvalue weighted by Crippen LogP contribution is -2.32. The fourth-order valence-electron chi connectivity index (χ4n) is 1.48. The average Bonchev–Trinajstić information content (AvgIpc) is 2.51. The maximum atomic E-state index is 11.4. The second-order valence-corrected chi connectivity index (χ2v) is 8.08. The van der Waals surface area contributed by atoms with Crippen molar-refractivity contribution in [2.24, 2.45) is 0 Å². The van der Waals surface area contributed by atoms with E-state index in [2.05, 4.69) is 0 Å². The molecule has 14 heavy (non-hydrogen) atoms. The van der Waals surface area contributed by atoms with Gasteiger partial charge in [0.2, 0.25) is 10.0 Å². The van der Waals surface area contributed by atoms with Crippen molar-refractivity contribution < 1.29 is 16.8 Å². The Balaban J connectivity index is 2.77. The standard InChI is InChI=1S/C7H15NO4S2/c1-3-14(11,12)8-5-4-7(6-8)13(2,9)10/h7H,3-6H2,1-2H3/t7-/m0/s1. The Kier molecular flexibility index (Phi) is 3.23. The molecule has 1 heterocycles. The monoisotopic (exact) mass is 241 g/mol. The van der Waals surface area contributed by atoms with E-state index in [1.807, 2.05) is 0 Å². The fourth-order valence-corrected chi connectivity index (χ4v) is 3.72. The molecule has 0 aromatic carbocycles. The number of hydrogen-bond acceptors (Lipinski definition) is 4. The van der Waals surface area contributed by atoms with Crippen molar-refractivity contribution in [3.63, 3.8) is 0 Å². The molecule has 0 amide bonds. The molecule has 0 N–H and O–H groups in total. The maximum absolute atomic E-state index is 11.4. The largest absolute Gasteiger partial charge is 0.229 e. The van der Waals surface area contributed by atoms with Crippen molar-refractivity contribution in [3.8, 4) is 0 Å². The van der Waals surface area contributed by atoms with E-state index < -0.39 is 25.1 Å². The van der Waals surface area contributed by atoms with Gasteiger partial charge in [0.25, 0.3) is 0 Å². The van der Waals surface area contributed by atoms with Gasteiger partial charge in [0, 0.05) is 19.3 Å². The Morgan fingerprint density at radius 2 is 1.86 bits per heavy atom. The topological polar surface area (TPSA) is 71.5 Å². The first-order valence-electron chi connectivity index (χ1n) is 4.44. The Labute approximate surface area is 85.1 Å². The van der Waals surface area contributed by atoms with E-state index in [0.29, 0.717) is 13.0 Å². The van der Waals surface area contributed by atoms with Gasteiger partial charge in [-0.3, -0.25) is 0 Å². The second-order valence-electron chi connectivity index (χ2n) is 3.50. The molecule has 1 aliphatic rings. The summed E-state index contributed by atoms with van der Waals surface area (Å²) >= 11 is 0. The minimum atomic E-state index is -3.22. The van der Waals surface area contributed by atoms with Crippen LogP contribution >= 0.6 is 0 Å². The van der Waals surface area contributed by atoms with Gasteiger partial charge in [-0.2, -0.15) is 0 Å². The minimum Gasteiger partial charge on any atom is -0.229 e. The molecule has 0 aromatic rings. The molecule has 1 saturated heterocycles. The Bertz CT molecular complexity index is 397. The highest BCUT2D eigenvalue weighted by Gasteiger charge is 2.35. The van der Waals surface area contributed by atoms with Crippen molar-refractivity contribution >= 4 is 19.9 Å². The molecule has 0 aliphatic carbocycles. The van der Waals surface area contributed by atoms with Crippen LogP contribution in [-0.2, 0) is 19.9 Å². The third-order valence-electron chi connectivity index (χ3n) is 2.47. The predicted molar refractivity (Wildman–Crippen MR) is 54.3 cm³/mol. The molecular weight excluding hydrogens is 226 g/mol. The van der Waals surface area contributed by atoms with E-state index in [-0.39, 0.29) is 12.3 Å². The Hall–Kier alpha value is -0.140. The number of rotatable bonds is 3. The Morgan fingerprint density at radius 3 is 2.21 bits per heavy atom. The van der Waals surface area contributed by atoms with Crippen LogP contribution in [-0.4, -0.2) is 51.5 Å². The molecule has 7 heteroatoms. The SMILES string of the molecule is CCS(=O)(=O)N1CC[C@H](S(C)(=O)=O)C1.